The SMILES string of the molecule is CCCCOC(=O)c1cnn([C@H]2CC[C@H](C(=O)OCC)CC2)c1C. The minimum absolute atomic E-state index is 0.00412. The van der Waals surface area contributed by atoms with Crippen molar-refractivity contribution in [1.29, 1.82) is 0 Å². The van der Waals surface area contributed by atoms with E-state index in [1.54, 1.807) is 6.20 Å². The molecular formula is C18H28N2O4. The average Bonchev–Trinajstić information content (AvgIpc) is 2.97. The third-order valence-electron chi connectivity index (χ3n) is 4.66. The van der Waals surface area contributed by atoms with E-state index in [0.29, 0.717) is 18.8 Å². The summed E-state index contributed by atoms with van der Waals surface area (Å²) in [4.78, 5) is 23.9. The molecule has 0 aliphatic heterocycles. The summed E-state index contributed by atoms with van der Waals surface area (Å²) in [7, 11) is 0. The Bertz CT molecular complexity index is 559. The number of hydrogen-bond donors (Lipinski definition) is 0. The van der Waals surface area contributed by atoms with Gasteiger partial charge < -0.3 is 9.47 Å². The van der Waals surface area contributed by atoms with Crippen molar-refractivity contribution < 1.29 is 19.1 Å². The number of carbonyl (C=O) groups is 2. The average molecular weight is 336 g/mol. The van der Waals surface area contributed by atoms with Gasteiger partial charge in [0.05, 0.1) is 37.1 Å². The number of ether oxygens (including phenoxy) is 2. The fourth-order valence-electron chi connectivity index (χ4n) is 3.20. The van der Waals surface area contributed by atoms with Crippen LogP contribution < -0.4 is 0 Å². The van der Waals surface area contributed by atoms with E-state index in [0.717, 1.165) is 44.2 Å². The normalized spacial score (nSPS) is 20.6. The Morgan fingerprint density at radius 1 is 1.21 bits per heavy atom. The Balaban J connectivity index is 1.94. The first kappa shape index (κ1) is 18.5. The van der Waals surface area contributed by atoms with Crippen LogP contribution in [0.5, 0.6) is 0 Å². The van der Waals surface area contributed by atoms with Crippen molar-refractivity contribution in [3.8, 4) is 0 Å². The highest BCUT2D eigenvalue weighted by Gasteiger charge is 2.30. The molecule has 0 saturated heterocycles. The molecule has 1 heterocycles. The van der Waals surface area contributed by atoms with Gasteiger partial charge in [-0.05, 0) is 46.0 Å². The van der Waals surface area contributed by atoms with Gasteiger partial charge in [0.1, 0.15) is 5.56 Å². The number of nitrogens with zero attached hydrogens (tertiary/aromatic N) is 2. The van der Waals surface area contributed by atoms with Gasteiger partial charge in [0.15, 0.2) is 0 Å². The lowest BCUT2D eigenvalue weighted by Gasteiger charge is -2.28. The van der Waals surface area contributed by atoms with E-state index in [2.05, 4.69) is 12.0 Å². The number of rotatable bonds is 7. The van der Waals surface area contributed by atoms with Crippen LogP contribution >= 0.6 is 0 Å². The van der Waals surface area contributed by atoms with Gasteiger partial charge in [0.2, 0.25) is 0 Å². The summed E-state index contributed by atoms with van der Waals surface area (Å²) < 4.78 is 12.3. The number of carbonyl (C=O) groups excluding carboxylic acids is 2. The zero-order valence-corrected chi connectivity index (χ0v) is 14.9. The summed E-state index contributed by atoms with van der Waals surface area (Å²) in [6.45, 7) is 6.67. The zero-order valence-electron chi connectivity index (χ0n) is 14.9. The second-order valence-electron chi connectivity index (χ2n) is 6.34. The van der Waals surface area contributed by atoms with E-state index in [-0.39, 0.29) is 23.9 Å². The molecule has 1 aromatic heterocycles. The molecular weight excluding hydrogens is 308 g/mol. The molecule has 1 fully saturated rings. The third kappa shape index (κ3) is 4.36. The van der Waals surface area contributed by atoms with Crippen molar-refractivity contribution in [2.24, 2.45) is 5.92 Å². The number of hydrogen-bond acceptors (Lipinski definition) is 5. The highest BCUT2D eigenvalue weighted by atomic mass is 16.5. The van der Waals surface area contributed by atoms with Crippen LogP contribution in [0.25, 0.3) is 0 Å². The van der Waals surface area contributed by atoms with Gasteiger partial charge in [-0.25, -0.2) is 4.79 Å². The maximum absolute atomic E-state index is 12.1. The highest BCUT2D eigenvalue weighted by molar-refractivity contribution is 5.90. The van der Waals surface area contributed by atoms with Gasteiger partial charge in [0.25, 0.3) is 0 Å². The lowest BCUT2D eigenvalue weighted by molar-refractivity contribution is -0.149. The standard InChI is InChI=1S/C18H28N2O4/c1-4-6-11-24-18(22)16-12-19-20(13(16)3)15-9-7-14(8-10-15)17(21)23-5-2/h12,14-15H,4-11H2,1-3H3/t14-,15-. The molecule has 0 aromatic carbocycles. The van der Waals surface area contributed by atoms with Crippen LogP contribution in [0.15, 0.2) is 6.20 Å². The fraction of sp³-hybridized carbons (Fsp3) is 0.722. The summed E-state index contributed by atoms with van der Waals surface area (Å²) in [5, 5.41) is 4.39. The van der Waals surface area contributed by atoms with Crippen LogP contribution in [0, 0.1) is 12.8 Å². The van der Waals surface area contributed by atoms with E-state index in [1.807, 2.05) is 18.5 Å². The van der Waals surface area contributed by atoms with Crippen molar-refractivity contribution in [1.82, 2.24) is 9.78 Å². The molecule has 6 heteroatoms. The van der Waals surface area contributed by atoms with Gasteiger partial charge in [0, 0.05) is 0 Å². The largest absolute Gasteiger partial charge is 0.466 e. The Morgan fingerprint density at radius 3 is 2.54 bits per heavy atom. The van der Waals surface area contributed by atoms with Crippen molar-refractivity contribution in [2.45, 2.75) is 65.3 Å². The van der Waals surface area contributed by atoms with E-state index in [1.165, 1.54) is 0 Å². The summed E-state index contributed by atoms with van der Waals surface area (Å²) in [5.74, 6) is -0.392. The molecule has 6 nitrogen and oxygen atoms in total. The zero-order chi connectivity index (χ0) is 17.5. The highest BCUT2D eigenvalue weighted by Crippen LogP contribution is 2.33. The van der Waals surface area contributed by atoms with E-state index in [9.17, 15) is 9.59 Å². The molecule has 0 bridgehead atoms. The number of esters is 2. The first-order chi connectivity index (χ1) is 11.6. The van der Waals surface area contributed by atoms with Gasteiger partial charge in [-0.2, -0.15) is 5.10 Å². The smallest absolute Gasteiger partial charge is 0.341 e. The van der Waals surface area contributed by atoms with Crippen LogP contribution in [-0.2, 0) is 14.3 Å². The molecule has 24 heavy (non-hydrogen) atoms. The topological polar surface area (TPSA) is 70.4 Å². The van der Waals surface area contributed by atoms with Gasteiger partial charge >= 0.3 is 11.9 Å². The molecule has 1 aromatic rings. The predicted molar refractivity (Wildman–Crippen MR) is 89.8 cm³/mol. The molecule has 0 N–H and O–H groups in total. The predicted octanol–water partition coefficient (Wildman–Crippen LogP) is 3.44. The Morgan fingerprint density at radius 2 is 1.92 bits per heavy atom. The third-order valence-corrected chi connectivity index (χ3v) is 4.66. The minimum atomic E-state index is -0.299. The first-order valence-corrected chi connectivity index (χ1v) is 8.96. The van der Waals surface area contributed by atoms with Crippen molar-refractivity contribution in [2.75, 3.05) is 13.2 Å². The Labute approximate surface area is 143 Å². The van der Waals surface area contributed by atoms with Gasteiger partial charge in [-0.15, -0.1) is 0 Å². The second kappa shape index (κ2) is 8.85. The van der Waals surface area contributed by atoms with E-state index >= 15 is 0 Å². The number of unbranched alkanes of at least 4 members (excludes halogenated alkanes) is 1. The lowest BCUT2D eigenvalue weighted by atomic mass is 9.86. The van der Waals surface area contributed by atoms with Gasteiger partial charge in [-0.1, -0.05) is 13.3 Å². The quantitative estimate of drug-likeness (QED) is 0.563. The Kier molecular flexibility index (Phi) is 6.82. The fourth-order valence-corrected chi connectivity index (χ4v) is 3.20. The monoisotopic (exact) mass is 336 g/mol. The molecule has 0 amide bonds. The lowest BCUT2D eigenvalue weighted by Crippen LogP contribution is -2.26. The van der Waals surface area contributed by atoms with Crippen LogP contribution in [0.3, 0.4) is 0 Å². The maximum atomic E-state index is 12.1. The summed E-state index contributed by atoms with van der Waals surface area (Å²) in [6.07, 6.45) is 6.82. The van der Waals surface area contributed by atoms with Crippen LogP contribution in [-0.4, -0.2) is 34.9 Å². The summed E-state index contributed by atoms with van der Waals surface area (Å²) >= 11 is 0. The summed E-state index contributed by atoms with van der Waals surface area (Å²) in [6, 6.07) is 0.230. The molecule has 134 valence electrons. The second-order valence-corrected chi connectivity index (χ2v) is 6.34. The van der Waals surface area contributed by atoms with E-state index in [4.69, 9.17) is 9.47 Å². The molecule has 0 unspecified atom stereocenters. The van der Waals surface area contributed by atoms with Crippen molar-refractivity contribution in [3.63, 3.8) is 0 Å². The Hall–Kier alpha value is -1.85. The number of aromatic nitrogens is 2. The van der Waals surface area contributed by atoms with Crippen molar-refractivity contribution in [3.05, 3.63) is 17.5 Å². The molecule has 0 spiro atoms. The van der Waals surface area contributed by atoms with Crippen molar-refractivity contribution >= 4 is 11.9 Å². The molecule has 0 radical (unpaired) electrons. The molecule has 1 aliphatic carbocycles. The van der Waals surface area contributed by atoms with Crippen LogP contribution in [0.1, 0.15) is 74.5 Å². The van der Waals surface area contributed by atoms with Crippen LogP contribution in [0.4, 0.5) is 0 Å². The van der Waals surface area contributed by atoms with E-state index < -0.39 is 0 Å². The molecule has 1 saturated carbocycles. The van der Waals surface area contributed by atoms with Crippen LogP contribution in [0.2, 0.25) is 0 Å². The molecule has 0 atom stereocenters. The maximum Gasteiger partial charge on any atom is 0.341 e. The minimum Gasteiger partial charge on any atom is -0.466 e. The first-order valence-electron chi connectivity index (χ1n) is 8.96. The van der Waals surface area contributed by atoms with Gasteiger partial charge in [-0.3, -0.25) is 9.48 Å². The molecule has 2 rings (SSSR count). The summed E-state index contributed by atoms with van der Waals surface area (Å²) in [5.41, 5.74) is 1.38. The molecule has 1 aliphatic rings.